The van der Waals surface area contributed by atoms with Gasteiger partial charge in [0.05, 0.1) is 0 Å². The number of anilines is 1. The van der Waals surface area contributed by atoms with Crippen molar-refractivity contribution in [1.82, 2.24) is 14.9 Å². The molecule has 0 radical (unpaired) electrons. The Morgan fingerprint density at radius 3 is 2.48 bits per heavy atom. The molecule has 0 fully saturated rings. The summed E-state index contributed by atoms with van der Waals surface area (Å²) in [7, 11) is -3.81. The van der Waals surface area contributed by atoms with E-state index < -0.39 is 10.0 Å². The van der Waals surface area contributed by atoms with Crippen LogP contribution in [0.5, 0.6) is 0 Å². The SMILES string of the molecule is Cc1ccccc1C(=O)Nc1nnc(S(=O)(=O)N[C@H](C)CCc2ccccc2)s1. The number of carbonyl (C=O) groups excluding carboxylic acids is 1. The maximum atomic E-state index is 12.6. The molecular formula is C20H22N4O3S2. The van der Waals surface area contributed by atoms with Gasteiger partial charge >= 0.3 is 0 Å². The summed E-state index contributed by atoms with van der Waals surface area (Å²) in [5.41, 5.74) is 2.46. The van der Waals surface area contributed by atoms with Crippen molar-refractivity contribution in [1.29, 1.82) is 0 Å². The lowest BCUT2D eigenvalue weighted by atomic mass is 10.1. The van der Waals surface area contributed by atoms with Crippen LogP contribution in [0.15, 0.2) is 58.9 Å². The number of carbonyl (C=O) groups is 1. The third-order valence-electron chi connectivity index (χ3n) is 4.31. The lowest BCUT2D eigenvalue weighted by Crippen LogP contribution is -2.32. The summed E-state index contributed by atoms with van der Waals surface area (Å²) >= 11 is 0.821. The van der Waals surface area contributed by atoms with E-state index in [2.05, 4.69) is 20.2 Å². The minimum Gasteiger partial charge on any atom is -0.296 e. The molecular weight excluding hydrogens is 408 g/mol. The number of amides is 1. The number of aryl methyl sites for hydroxylation is 2. The fraction of sp³-hybridized carbons (Fsp3) is 0.250. The normalized spacial score (nSPS) is 12.5. The fourth-order valence-corrected chi connectivity index (χ4v) is 4.95. The van der Waals surface area contributed by atoms with Gasteiger partial charge in [-0.05, 0) is 43.9 Å². The van der Waals surface area contributed by atoms with Gasteiger partial charge in [-0.3, -0.25) is 10.1 Å². The molecule has 2 N–H and O–H groups in total. The fourth-order valence-electron chi connectivity index (χ4n) is 2.76. The Kier molecular flexibility index (Phi) is 6.73. The molecule has 0 unspecified atom stereocenters. The second-order valence-corrected chi connectivity index (χ2v) is 9.55. The van der Waals surface area contributed by atoms with E-state index in [0.717, 1.165) is 28.9 Å². The van der Waals surface area contributed by atoms with Crippen LogP contribution >= 0.6 is 11.3 Å². The first-order chi connectivity index (χ1) is 13.8. The van der Waals surface area contributed by atoms with Crippen LogP contribution in [0.2, 0.25) is 0 Å². The molecule has 0 saturated heterocycles. The van der Waals surface area contributed by atoms with Crippen LogP contribution in [0.4, 0.5) is 5.13 Å². The van der Waals surface area contributed by atoms with Gasteiger partial charge in [0.1, 0.15) is 0 Å². The third kappa shape index (κ3) is 5.69. The molecule has 0 bridgehead atoms. The molecule has 1 amide bonds. The summed E-state index contributed by atoms with van der Waals surface area (Å²) in [6.07, 6.45) is 1.41. The Morgan fingerprint density at radius 1 is 1.07 bits per heavy atom. The van der Waals surface area contributed by atoms with E-state index in [1.54, 1.807) is 12.1 Å². The van der Waals surface area contributed by atoms with Gasteiger partial charge in [0.2, 0.25) is 9.47 Å². The number of nitrogens with one attached hydrogen (secondary N) is 2. The second kappa shape index (κ2) is 9.25. The van der Waals surface area contributed by atoms with E-state index in [9.17, 15) is 13.2 Å². The molecule has 0 saturated carbocycles. The molecule has 1 heterocycles. The van der Waals surface area contributed by atoms with Crippen LogP contribution in [-0.4, -0.2) is 30.6 Å². The van der Waals surface area contributed by atoms with E-state index in [-0.39, 0.29) is 21.4 Å². The van der Waals surface area contributed by atoms with Gasteiger partial charge in [-0.2, -0.15) is 0 Å². The van der Waals surface area contributed by atoms with E-state index in [0.29, 0.717) is 12.0 Å². The zero-order valence-corrected chi connectivity index (χ0v) is 17.8. The van der Waals surface area contributed by atoms with Crippen LogP contribution in [0.1, 0.15) is 34.8 Å². The molecule has 0 aliphatic rings. The van der Waals surface area contributed by atoms with E-state index in [4.69, 9.17) is 0 Å². The number of sulfonamides is 1. The number of aromatic nitrogens is 2. The third-order valence-corrected chi connectivity index (χ3v) is 7.11. The highest BCUT2D eigenvalue weighted by Crippen LogP contribution is 2.21. The number of benzene rings is 2. The van der Waals surface area contributed by atoms with Crippen molar-refractivity contribution >= 4 is 32.4 Å². The van der Waals surface area contributed by atoms with Crippen molar-refractivity contribution in [2.75, 3.05) is 5.32 Å². The molecule has 1 aromatic heterocycles. The van der Waals surface area contributed by atoms with E-state index in [1.165, 1.54) is 0 Å². The molecule has 3 rings (SSSR count). The van der Waals surface area contributed by atoms with Crippen LogP contribution < -0.4 is 10.0 Å². The minimum absolute atomic E-state index is 0.135. The van der Waals surface area contributed by atoms with Crippen molar-refractivity contribution in [2.24, 2.45) is 0 Å². The quantitative estimate of drug-likeness (QED) is 0.534. The van der Waals surface area contributed by atoms with Crippen LogP contribution in [0, 0.1) is 6.92 Å². The average Bonchev–Trinajstić information content (AvgIpc) is 3.17. The first-order valence-corrected chi connectivity index (χ1v) is 11.4. The average molecular weight is 431 g/mol. The molecule has 29 heavy (non-hydrogen) atoms. The van der Waals surface area contributed by atoms with Gasteiger partial charge < -0.3 is 0 Å². The van der Waals surface area contributed by atoms with Crippen molar-refractivity contribution in [2.45, 2.75) is 37.1 Å². The number of hydrogen-bond donors (Lipinski definition) is 2. The summed E-state index contributed by atoms with van der Waals surface area (Å²) in [5.74, 6) is -0.354. The Morgan fingerprint density at radius 2 is 1.76 bits per heavy atom. The standard InChI is InChI=1S/C20H22N4O3S2/c1-14-8-6-7-11-17(14)18(25)21-19-22-23-20(28-19)29(26,27)24-15(2)12-13-16-9-4-3-5-10-16/h3-11,15,24H,12-13H2,1-2H3,(H,21,22,25)/t15-/m1/s1. The second-order valence-electron chi connectivity index (χ2n) is 6.69. The Bertz CT molecular complexity index is 1080. The zero-order chi connectivity index (χ0) is 20.9. The first-order valence-electron chi connectivity index (χ1n) is 9.12. The lowest BCUT2D eigenvalue weighted by Gasteiger charge is -2.12. The molecule has 3 aromatic rings. The van der Waals surface area contributed by atoms with Gasteiger partial charge in [0.15, 0.2) is 0 Å². The smallest absolute Gasteiger partial charge is 0.270 e. The van der Waals surface area contributed by atoms with Crippen molar-refractivity contribution in [3.05, 3.63) is 71.3 Å². The minimum atomic E-state index is -3.81. The highest BCUT2D eigenvalue weighted by molar-refractivity contribution is 7.91. The number of nitrogens with zero attached hydrogens (tertiary/aromatic N) is 2. The Balaban J connectivity index is 1.61. The van der Waals surface area contributed by atoms with Gasteiger partial charge in [-0.25, -0.2) is 13.1 Å². The van der Waals surface area contributed by atoms with E-state index in [1.807, 2.05) is 56.3 Å². The maximum absolute atomic E-state index is 12.6. The molecule has 0 aliphatic heterocycles. The summed E-state index contributed by atoms with van der Waals surface area (Å²) in [5, 5.41) is 10.3. The Hall–Kier alpha value is -2.62. The summed E-state index contributed by atoms with van der Waals surface area (Å²) in [6.45, 7) is 3.63. The monoisotopic (exact) mass is 430 g/mol. The predicted molar refractivity (Wildman–Crippen MR) is 114 cm³/mol. The Labute approximate surface area is 174 Å². The van der Waals surface area contributed by atoms with Gasteiger partial charge in [0, 0.05) is 11.6 Å². The maximum Gasteiger partial charge on any atom is 0.270 e. The van der Waals surface area contributed by atoms with Gasteiger partial charge in [-0.15, -0.1) is 10.2 Å². The molecule has 152 valence electrons. The van der Waals surface area contributed by atoms with Crippen LogP contribution in [0.3, 0.4) is 0 Å². The zero-order valence-electron chi connectivity index (χ0n) is 16.1. The lowest BCUT2D eigenvalue weighted by molar-refractivity contribution is 0.102. The number of hydrogen-bond acceptors (Lipinski definition) is 6. The summed E-state index contributed by atoms with van der Waals surface area (Å²) in [6, 6.07) is 16.7. The first kappa shape index (κ1) is 21.1. The van der Waals surface area contributed by atoms with Crippen molar-refractivity contribution in [3.63, 3.8) is 0 Å². The molecule has 0 spiro atoms. The van der Waals surface area contributed by atoms with Crippen molar-refractivity contribution < 1.29 is 13.2 Å². The highest BCUT2D eigenvalue weighted by Gasteiger charge is 2.23. The van der Waals surface area contributed by atoms with Crippen molar-refractivity contribution in [3.8, 4) is 0 Å². The molecule has 0 aliphatic carbocycles. The van der Waals surface area contributed by atoms with Crippen LogP contribution in [0.25, 0.3) is 0 Å². The molecule has 9 heteroatoms. The topological polar surface area (TPSA) is 101 Å². The molecule has 2 aromatic carbocycles. The van der Waals surface area contributed by atoms with Gasteiger partial charge in [-0.1, -0.05) is 59.9 Å². The number of rotatable bonds is 8. The van der Waals surface area contributed by atoms with Gasteiger partial charge in [0.25, 0.3) is 15.9 Å². The van der Waals surface area contributed by atoms with Crippen LogP contribution in [-0.2, 0) is 16.4 Å². The predicted octanol–water partition coefficient (Wildman–Crippen LogP) is 3.40. The molecule has 7 nitrogen and oxygen atoms in total. The largest absolute Gasteiger partial charge is 0.296 e. The van der Waals surface area contributed by atoms with E-state index >= 15 is 0 Å². The molecule has 1 atom stereocenters. The summed E-state index contributed by atoms with van der Waals surface area (Å²) < 4.78 is 27.6. The highest BCUT2D eigenvalue weighted by atomic mass is 32.2. The summed E-state index contributed by atoms with van der Waals surface area (Å²) in [4.78, 5) is 12.4.